The Balaban J connectivity index is 2.10. The summed E-state index contributed by atoms with van der Waals surface area (Å²) in [5.74, 6) is 0.617. The van der Waals surface area contributed by atoms with E-state index in [1.807, 2.05) is 25.2 Å². The number of hydrogen-bond donors (Lipinski definition) is 1. The topological polar surface area (TPSA) is 66.5 Å². The van der Waals surface area contributed by atoms with Crippen molar-refractivity contribution in [3.8, 4) is 6.07 Å². The van der Waals surface area contributed by atoms with Gasteiger partial charge in [-0.15, -0.1) is 0 Å². The van der Waals surface area contributed by atoms with Gasteiger partial charge in [0.05, 0.1) is 5.56 Å². The quantitative estimate of drug-likeness (QED) is 0.888. The third kappa shape index (κ3) is 4.31. The number of aryl methyl sites for hydroxylation is 1. The van der Waals surface area contributed by atoms with Gasteiger partial charge >= 0.3 is 0 Å². The molecule has 5 nitrogen and oxygen atoms in total. The van der Waals surface area contributed by atoms with Crippen LogP contribution in [-0.4, -0.2) is 21.3 Å². The molecule has 110 valence electrons. The molecule has 1 N–H and O–H groups in total. The van der Waals surface area contributed by atoms with E-state index in [-0.39, 0.29) is 0 Å². The van der Waals surface area contributed by atoms with E-state index in [1.54, 1.807) is 4.68 Å². The highest BCUT2D eigenvalue weighted by atomic mass is 32.2. The molecule has 2 aromatic rings. The van der Waals surface area contributed by atoms with Crippen molar-refractivity contribution in [1.82, 2.24) is 20.1 Å². The summed E-state index contributed by atoms with van der Waals surface area (Å²) in [5, 5.41) is 17.5. The molecule has 0 aliphatic heterocycles. The Morgan fingerprint density at radius 3 is 2.86 bits per heavy atom. The Hall–Kier alpha value is -1.84. The molecule has 0 bridgehead atoms. The molecule has 0 aliphatic carbocycles. The molecule has 0 unspecified atom stereocenters. The van der Waals surface area contributed by atoms with Crippen molar-refractivity contribution >= 4 is 11.8 Å². The molecule has 0 spiro atoms. The summed E-state index contributed by atoms with van der Waals surface area (Å²) >= 11 is 1.46. The van der Waals surface area contributed by atoms with Crippen LogP contribution in [0.1, 0.15) is 25.0 Å². The molecular weight excluding hydrogens is 282 g/mol. The van der Waals surface area contributed by atoms with Crippen molar-refractivity contribution in [3.05, 3.63) is 35.7 Å². The standard InChI is InChI=1S/C15H19N5S/c1-11(2)8-17-9-12-4-5-14(13(6-12)7-16)21-15-18-10-19-20(15)3/h4-6,10-11,17H,8-9H2,1-3H3. The summed E-state index contributed by atoms with van der Waals surface area (Å²) in [6.07, 6.45) is 1.51. The predicted molar refractivity (Wildman–Crippen MR) is 82.8 cm³/mol. The van der Waals surface area contributed by atoms with Gasteiger partial charge in [-0.1, -0.05) is 19.9 Å². The average Bonchev–Trinajstić information content (AvgIpc) is 2.85. The first-order valence-corrected chi connectivity index (χ1v) is 7.67. The van der Waals surface area contributed by atoms with E-state index < -0.39 is 0 Å². The Morgan fingerprint density at radius 2 is 2.24 bits per heavy atom. The van der Waals surface area contributed by atoms with Gasteiger partial charge in [0.15, 0.2) is 5.16 Å². The summed E-state index contributed by atoms with van der Waals surface area (Å²) in [6.45, 7) is 6.10. The van der Waals surface area contributed by atoms with Crippen molar-refractivity contribution in [3.63, 3.8) is 0 Å². The zero-order valence-corrected chi connectivity index (χ0v) is 13.3. The maximum atomic E-state index is 9.33. The number of aromatic nitrogens is 3. The number of benzene rings is 1. The van der Waals surface area contributed by atoms with Crippen LogP contribution in [-0.2, 0) is 13.6 Å². The summed E-state index contributed by atoms with van der Waals surface area (Å²) in [6, 6.07) is 8.22. The minimum absolute atomic E-state index is 0.617. The Bertz CT molecular complexity index is 642. The largest absolute Gasteiger partial charge is 0.312 e. The van der Waals surface area contributed by atoms with Crippen molar-refractivity contribution in [1.29, 1.82) is 5.26 Å². The van der Waals surface area contributed by atoms with E-state index in [1.165, 1.54) is 18.1 Å². The van der Waals surface area contributed by atoms with E-state index in [4.69, 9.17) is 0 Å². The van der Waals surface area contributed by atoms with Gasteiger partial charge < -0.3 is 5.32 Å². The zero-order valence-electron chi connectivity index (χ0n) is 12.5. The SMILES string of the molecule is CC(C)CNCc1ccc(Sc2ncnn2C)c(C#N)c1. The molecule has 0 fully saturated rings. The van der Waals surface area contributed by atoms with E-state index in [0.717, 1.165) is 28.7 Å². The maximum Gasteiger partial charge on any atom is 0.190 e. The van der Waals surface area contributed by atoms with E-state index in [2.05, 4.69) is 35.3 Å². The van der Waals surface area contributed by atoms with Gasteiger partial charge in [0.25, 0.3) is 0 Å². The van der Waals surface area contributed by atoms with Crippen LogP contribution in [0, 0.1) is 17.2 Å². The zero-order chi connectivity index (χ0) is 15.2. The molecule has 21 heavy (non-hydrogen) atoms. The van der Waals surface area contributed by atoms with Gasteiger partial charge in [0.2, 0.25) is 0 Å². The Labute approximate surface area is 129 Å². The van der Waals surface area contributed by atoms with Crippen molar-refractivity contribution in [2.24, 2.45) is 13.0 Å². The van der Waals surface area contributed by atoms with Crippen molar-refractivity contribution in [2.75, 3.05) is 6.54 Å². The highest BCUT2D eigenvalue weighted by Crippen LogP contribution is 2.28. The number of nitrogens with zero attached hydrogens (tertiary/aromatic N) is 4. The Morgan fingerprint density at radius 1 is 1.43 bits per heavy atom. The fourth-order valence-corrected chi connectivity index (χ4v) is 2.67. The molecule has 0 atom stereocenters. The minimum Gasteiger partial charge on any atom is -0.312 e. The smallest absolute Gasteiger partial charge is 0.190 e. The van der Waals surface area contributed by atoms with Crippen LogP contribution < -0.4 is 5.32 Å². The average molecular weight is 301 g/mol. The fraction of sp³-hybridized carbons (Fsp3) is 0.400. The molecule has 0 saturated heterocycles. The van der Waals surface area contributed by atoms with Gasteiger partial charge in [0.1, 0.15) is 12.4 Å². The first kappa shape index (κ1) is 15.5. The summed E-state index contributed by atoms with van der Waals surface area (Å²) in [4.78, 5) is 5.07. The fourth-order valence-electron chi connectivity index (χ4n) is 1.85. The molecular formula is C15H19N5S. The van der Waals surface area contributed by atoms with E-state index in [0.29, 0.717) is 11.5 Å². The van der Waals surface area contributed by atoms with Crippen LogP contribution in [0.25, 0.3) is 0 Å². The van der Waals surface area contributed by atoms with Crippen LogP contribution >= 0.6 is 11.8 Å². The van der Waals surface area contributed by atoms with Gasteiger partial charge in [-0.25, -0.2) is 9.67 Å². The predicted octanol–water partition coefficient (Wildman–Crippen LogP) is 2.58. The third-order valence-electron chi connectivity index (χ3n) is 2.92. The molecule has 1 aromatic carbocycles. The van der Waals surface area contributed by atoms with Crippen LogP contribution in [0.2, 0.25) is 0 Å². The lowest BCUT2D eigenvalue weighted by Crippen LogP contribution is -2.18. The molecule has 0 saturated carbocycles. The third-order valence-corrected chi connectivity index (χ3v) is 4.05. The van der Waals surface area contributed by atoms with E-state index >= 15 is 0 Å². The highest BCUT2D eigenvalue weighted by Gasteiger charge is 2.09. The lowest BCUT2D eigenvalue weighted by Gasteiger charge is -2.09. The number of nitrogens with one attached hydrogen (secondary N) is 1. The van der Waals surface area contributed by atoms with Gasteiger partial charge in [-0.3, -0.25) is 0 Å². The van der Waals surface area contributed by atoms with Crippen LogP contribution in [0.5, 0.6) is 0 Å². The normalized spacial score (nSPS) is 10.8. The molecule has 2 rings (SSSR count). The second kappa shape index (κ2) is 7.25. The van der Waals surface area contributed by atoms with Gasteiger partial charge in [-0.05, 0) is 41.9 Å². The van der Waals surface area contributed by atoms with Gasteiger partial charge in [-0.2, -0.15) is 10.4 Å². The van der Waals surface area contributed by atoms with Crippen LogP contribution in [0.3, 0.4) is 0 Å². The molecule has 0 amide bonds. The first-order chi connectivity index (χ1) is 10.1. The molecule has 6 heteroatoms. The summed E-state index contributed by atoms with van der Waals surface area (Å²) in [7, 11) is 1.84. The Kier molecular flexibility index (Phi) is 5.37. The number of rotatable bonds is 6. The summed E-state index contributed by atoms with van der Waals surface area (Å²) < 4.78 is 1.70. The number of nitriles is 1. The lowest BCUT2D eigenvalue weighted by molar-refractivity contribution is 0.552. The second-order valence-electron chi connectivity index (χ2n) is 5.24. The van der Waals surface area contributed by atoms with Crippen molar-refractivity contribution in [2.45, 2.75) is 30.4 Å². The molecule has 1 aromatic heterocycles. The lowest BCUT2D eigenvalue weighted by atomic mass is 10.1. The maximum absolute atomic E-state index is 9.33. The summed E-state index contributed by atoms with van der Waals surface area (Å²) in [5.41, 5.74) is 1.79. The molecule has 0 radical (unpaired) electrons. The monoisotopic (exact) mass is 301 g/mol. The number of hydrogen-bond acceptors (Lipinski definition) is 5. The van der Waals surface area contributed by atoms with Crippen molar-refractivity contribution < 1.29 is 0 Å². The molecule has 0 aliphatic rings. The van der Waals surface area contributed by atoms with Crippen LogP contribution in [0.4, 0.5) is 0 Å². The molecule has 1 heterocycles. The second-order valence-corrected chi connectivity index (χ2v) is 6.24. The van der Waals surface area contributed by atoms with Gasteiger partial charge in [0, 0.05) is 18.5 Å². The highest BCUT2D eigenvalue weighted by molar-refractivity contribution is 7.99. The van der Waals surface area contributed by atoms with Crippen LogP contribution in [0.15, 0.2) is 34.6 Å². The minimum atomic E-state index is 0.617. The first-order valence-electron chi connectivity index (χ1n) is 6.85. The van der Waals surface area contributed by atoms with E-state index in [9.17, 15) is 5.26 Å².